The number of hydrogen-bond acceptors (Lipinski definition) is 4. The van der Waals surface area contributed by atoms with Crippen LogP contribution in [0.15, 0.2) is 24.3 Å². The summed E-state index contributed by atoms with van der Waals surface area (Å²) in [6.07, 6.45) is 1.19. The summed E-state index contributed by atoms with van der Waals surface area (Å²) in [5, 5.41) is 0.630. The monoisotopic (exact) mass is 342 g/mol. The number of carbonyl (C=O) groups is 1. The maximum atomic E-state index is 12.9. The van der Waals surface area contributed by atoms with Crippen molar-refractivity contribution in [2.45, 2.75) is 32.9 Å². The first-order valence-corrected chi connectivity index (χ1v) is 8.61. The molecule has 24 heavy (non-hydrogen) atoms. The van der Waals surface area contributed by atoms with Gasteiger partial charge in [-0.2, -0.15) is 0 Å². The molecule has 0 N–H and O–H groups in total. The van der Waals surface area contributed by atoms with Gasteiger partial charge in [0.15, 0.2) is 0 Å². The Bertz CT molecular complexity index is 801. The molecule has 5 nitrogen and oxygen atoms in total. The molecule has 2 aromatic rings. The van der Waals surface area contributed by atoms with E-state index in [-0.39, 0.29) is 11.9 Å². The maximum absolute atomic E-state index is 12.9. The van der Waals surface area contributed by atoms with Crippen LogP contribution in [0.1, 0.15) is 46.8 Å². The molecule has 1 aromatic heterocycles. The van der Waals surface area contributed by atoms with Crippen LogP contribution in [-0.4, -0.2) is 33.9 Å². The number of carbonyl (C=O) groups excluding carboxylic acids is 1. The fourth-order valence-electron chi connectivity index (χ4n) is 3.40. The molecule has 1 saturated heterocycles. The van der Waals surface area contributed by atoms with Crippen molar-refractivity contribution in [3.63, 3.8) is 0 Å². The number of fused-ring (bicyclic) bond motifs is 1. The van der Waals surface area contributed by atoms with E-state index in [4.69, 9.17) is 11.6 Å². The van der Waals surface area contributed by atoms with Crippen LogP contribution in [0.5, 0.6) is 0 Å². The molecule has 4 rings (SSSR count). The second kappa shape index (κ2) is 5.74. The van der Waals surface area contributed by atoms with Crippen LogP contribution in [0.25, 0.3) is 0 Å². The SMILES string of the molecule is Cc1nc2c(c(N3CCC3)n1)[C@@H](C)N(C(=O)c1ccc(Cl)cc1)C2. The van der Waals surface area contributed by atoms with Gasteiger partial charge >= 0.3 is 0 Å². The zero-order valence-corrected chi connectivity index (χ0v) is 14.5. The lowest BCUT2D eigenvalue weighted by molar-refractivity contribution is 0.0704. The number of anilines is 1. The lowest BCUT2D eigenvalue weighted by Crippen LogP contribution is -2.39. The van der Waals surface area contributed by atoms with Crippen molar-refractivity contribution in [2.75, 3.05) is 18.0 Å². The Morgan fingerprint density at radius 1 is 1.21 bits per heavy atom. The highest BCUT2D eigenvalue weighted by Crippen LogP contribution is 2.39. The third-order valence-electron chi connectivity index (χ3n) is 4.83. The third kappa shape index (κ3) is 2.44. The highest BCUT2D eigenvalue weighted by Gasteiger charge is 2.37. The minimum absolute atomic E-state index is 0.00405. The van der Waals surface area contributed by atoms with Crippen LogP contribution in [0.4, 0.5) is 5.82 Å². The summed E-state index contributed by atoms with van der Waals surface area (Å²) in [6, 6.07) is 7.01. The van der Waals surface area contributed by atoms with Gasteiger partial charge in [-0.3, -0.25) is 4.79 Å². The molecule has 1 aromatic carbocycles. The van der Waals surface area contributed by atoms with E-state index in [2.05, 4.69) is 21.8 Å². The van der Waals surface area contributed by atoms with Gasteiger partial charge in [0.25, 0.3) is 5.91 Å². The van der Waals surface area contributed by atoms with Gasteiger partial charge in [-0.1, -0.05) is 11.6 Å². The lowest BCUT2D eigenvalue weighted by atomic mass is 10.1. The Hall–Kier alpha value is -2.14. The van der Waals surface area contributed by atoms with E-state index in [0.29, 0.717) is 17.1 Å². The number of amides is 1. The smallest absolute Gasteiger partial charge is 0.254 e. The van der Waals surface area contributed by atoms with E-state index < -0.39 is 0 Å². The Balaban J connectivity index is 1.68. The predicted octanol–water partition coefficient (Wildman–Crippen LogP) is 3.37. The van der Waals surface area contributed by atoms with Gasteiger partial charge in [0, 0.05) is 29.2 Å². The molecular weight excluding hydrogens is 324 g/mol. The van der Waals surface area contributed by atoms with Crippen molar-refractivity contribution in [3.05, 3.63) is 51.9 Å². The standard InChI is InChI=1S/C18H19ClN4O/c1-11-16-15(20-12(2)21-17(16)22-8-3-9-22)10-23(11)18(24)13-4-6-14(19)7-5-13/h4-7,11H,3,8-10H2,1-2H3/t11-/m1/s1. The van der Waals surface area contributed by atoms with Crippen LogP contribution in [0, 0.1) is 6.92 Å². The van der Waals surface area contributed by atoms with Crippen molar-refractivity contribution in [1.29, 1.82) is 0 Å². The third-order valence-corrected chi connectivity index (χ3v) is 5.08. The molecule has 0 saturated carbocycles. The highest BCUT2D eigenvalue weighted by molar-refractivity contribution is 6.30. The number of benzene rings is 1. The van der Waals surface area contributed by atoms with E-state index >= 15 is 0 Å². The van der Waals surface area contributed by atoms with Gasteiger partial charge in [0.05, 0.1) is 18.3 Å². The zero-order chi connectivity index (χ0) is 16.8. The number of nitrogens with zero attached hydrogens (tertiary/aromatic N) is 4. The van der Waals surface area contributed by atoms with E-state index in [0.717, 1.165) is 36.0 Å². The molecule has 124 valence electrons. The fourth-order valence-corrected chi connectivity index (χ4v) is 3.53. The van der Waals surface area contributed by atoms with Gasteiger partial charge in [-0.25, -0.2) is 9.97 Å². The average Bonchev–Trinajstić information content (AvgIpc) is 2.82. The Morgan fingerprint density at radius 2 is 1.92 bits per heavy atom. The van der Waals surface area contributed by atoms with Gasteiger partial charge in [-0.05, 0) is 44.5 Å². The Labute approximate surface area is 146 Å². The summed E-state index contributed by atoms with van der Waals surface area (Å²) in [5.41, 5.74) is 2.72. The summed E-state index contributed by atoms with van der Waals surface area (Å²) in [7, 11) is 0. The van der Waals surface area contributed by atoms with Crippen molar-refractivity contribution in [3.8, 4) is 0 Å². The topological polar surface area (TPSA) is 49.3 Å². The zero-order valence-electron chi connectivity index (χ0n) is 13.8. The van der Waals surface area contributed by atoms with E-state index in [1.165, 1.54) is 6.42 Å². The number of halogens is 1. The van der Waals surface area contributed by atoms with Crippen molar-refractivity contribution >= 4 is 23.3 Å². The van der Waals surface area contributed by atoms with Crippen LogP contribution >= 0.6 is 11.6 Å². The van der Waals surface area contributed by atoms with E-state index in [1.54, 1.807) is 24.3 Å². The Morgan fingerprint density at radius 3 is 2.54 bits per heavy atom. The second-order valence-electron chi connectivity index (χ2n) is 6.41. The summed E-state index contributed by atoms with van der Waals surface area (Å²) >= 11 is 5.92. The summed E-state index contributed by atoms with van der Waals surface area (Å²) in [5.74, 6) is 1.77. The van der Waals surface area contributed by atoms with Crippen molar-refractivity contribution < 1.29 is 4.79 Å². The number of hydrogen-bond donors (Lipinski definition) is 0. The first-order valence-electron chi connectivity index (χ1n) is 8.23. The molecule has 1 fully saturated rings. The highest BCUT2D eigenvalue weighted by atomic mass is 35.5. The molecule has 1 amide bonds. The molecule has 0 radical (unpaired) electrons. The first kappa shape index (κ1) is 15.4. The molecule has 3 heterocycles. The van der Waals surface area contributed by atoms with Gasteiger partial charge in [-0.15, -0.1) is 0 Å². The lowest BCUT2D eigenvalue weighted by Gasteiger charge is -2.34. The molecule has 2 aliphatic heterocycles. The van der Waals surface area contributed by atoms with Gasteiger partial charge in [0.2, 0.25) is 0 Å². The minimum atomic E-state index is -0.0284. The van der Waals surface area contributed by atoms with Gasteiger partial charge < -0.3 is 9.80 Å². The van der Waals surface area contributed by atoms with Crippen molar-refractivity contribution in [1.82, 2.24) is 14.9 Å². The molecule has 6 heteroatoms. The molecular formula is C18H19ClN4O. The van der Waals surface area contributed by atoms with Crippen LogP contribution < -0.4 is 4.90 Å². The van der Waals surface area contributed by atoms with Crippen LogP contribution in [-0.2, 0) is 6.54 Å². The predicted molar refractivity (Wildman–Crippen MR) is 93.3 cm³/mol. The molecule has 0 bridgehead atoms. The van der Waals surface area contributed by atoms with Crippen molar-refractivity contribution in [2.24, 2.45) is 0 Å². The van der Waals surface area contributed by atoms with Crippen LogP contribution in [0.2, 0.25) is 5.02 Å². The van der Waals surface area contributed by atoms with Crippen LogP contribution in [0.3, 0.4) is 0 Å². The summed E-state index contributed by atoms with van der Waals surface area (Å²) < 4.78 is 0. The maximum Gasteiger partial charge on any atom is 0.254 e. The molecule has 1 atom stereocenters. The molecule has 2 aliphatic rings. The first-order chi connectivity index (χ1) is 11.5. The van der Waals surface area contributed by atoms with E-state index in [1.807, 2.05) is 11.8 Å². The summed E-state index contributed by atoms with van der Waals surface area (Å²) in [6.45, 7) is 6.56. The Kier molecular flexibility index (Phi) is 3.68. The molecule has 0 unspecified atom stereocenters. The average molecular weight is 343 g/mol. The fraction of sp³-hybridized carbons (Fsp3) is 0.389. The normalized spacial score (nSPS) is 19.2. The molecule has 0 aliphatic carbocycles. The number of aryl methyl sites for hydroxylation is 1. The second-order valence-corrected chi connectivity index (χ2v) is 6.85. The number of aromatic nitrogens is 2. The largest absolute Gasteiger partial charge is 0.356 e. The number of rotatable bonds is 2. The molecule has 0 spiro atoms. The van der Waals surface area contributed by atoms with Gasteiger partial charge in [0.1, 0.15) is 11.6 Å². The summed E-state index contributed by atoms with van der Waals surface area (Å²) in [4.78, 5) is 26.3. The quantitative estimate of drug-likeness (QED) is 0.839. The van der Waals surface area contributed by atoms with E-state index in [9.17, 15) is 4.79 Å². The minimum Gasteiger partial charge on any atom is -0.356 e.